The highest BCUT2D eigenvalue weighted by Crippen LogP contribution is 2.44. The topological polar surface area (TPSA) is 27.4 Å². The summed E-state index contributed by atoms with van der Waals surface area (Å²) in [6.07, 6.45) is 0. The molecule has 12 rings (SSSR count). The van der Waals surface area contributed by atoms with Crippen molar-refractivity contribution in [2.45, 2.75) is 0 Å². The van der Waals surface area contributed by atoms with Crippen LogP contribution >= 0.6 is 11.3 Å². The summed E-state index contributed by atoms with van der Waals surface area (Å²) in [5, 5.41) is 9.41. The summed E-state index contributed by atoms with van der Waals surface area (Å²) in [4.78, 5) is 3.75. The Kier molecular flexibility index (Phi) is 5.97. The van der Waals surface area contributed by atoms with Crippen LogP contribution in [0.3, 0.4) is 0 Å². The lowest BCUT2D eigenvalue weighted by atomic mass is 10.0. The van der Waals surface area contributed by atoms with Gasteiger partial charge < -0.3 is 13.6 Å². The van der Waals surface area contributed by atoms with Gasteiger partial charge in [0.1, 0.15) is 5.58 Å². The van der Waals surface area contributed by atoms with Gasteiger partial charge in [0, 0.05) is 47.8 Å². The van der Waals surface area contributed by atoms with Crippen LogP contribution in [0.2, 0.25) is 0 Å². The summed E-state index contributed by atoms with van der Waals surface area (Å²) in [6, 6.07) is 58.6. The monoisotopic (exact) mass is 705 g/mol. The van der Waals surface area contributed by atoms with Crippen molar-refractivity contribution in [3.05, 3.63) is 175 Å². The third kappa shape index (κ3) is 3.95. The maximum absolute atomic E-state index is 7.73. The Balaban J connectivity index is 1.06. The Bertz CT molecular complexity index is 3590. The van der Waals surface area contributed by atoms with Gasteiger partial charge in [0.25, 0.3) is 0 Å². The van der Waals surface area contributed by atoms with Crippen molar-refractivity contribution in [1.29, 1.82) is 0 Å². The minimum atomic E-state index is 0.527. The molecule has 0 aliphatic rings. The number of hydrogen-bond donors (Lipinski definition) is 0. The molecule has 12 aromatic rings. The van der Waals surface area contributed by atoms with Gasteiger partial charge >= 0.3 is 0 Å². The van der Waals surface area contributed by atoms with Crippen molar-refractivity contribution in [2.24, 2.45) is 0 Å². The molecule has 0 radical (unpaired) electrons. The van der Waals surface area contributed by atoms with E-state index in [0.717, 1.165) is 33.1 Å². The zero-order valence-electron chi connectivity index (χ0n) is 28.7. The van der Waals surface area contributed by atoms with Gasteiger partial charge in [0.2, 0.25) is 5.69 Å². The minimum absolute atomic E-state index is 0.527. The summed E-state index contributed by atoms with van der Waals surface area (Å²) in [7, 11) is 0. The van der Waals surface area contributed by atoms with E-state index in [1.165, 1.54) is 69.6 Å². The van der Waals surface area contributed by atoms with Crippen LogP contribution in [0.4, 0.5) is 5.69 Å². The lowest BCUT2D eigenvalue weighted by molar-refractivity contribution is 0.668. The Labute approximate surface area is 312 Å². The number of furan rings is 1. The second-order valence-corrected chi connectivity index (χ2v) is 15.0. The molecule has 0 aliphatic heterocycles. The highest BCUT2D eigenvalue weighted by Gasteiger charge is 2.20. The first-order chi connectivity index (χ1) is 26.7. The van der Waals surface area contributed by atoms with E-state index in [4.69, 9.17) is 11.0 Å². The van der Waals surface area contributed by atoms with Crippen molar-refractivity contribution in [2.75, 3.05) is 0 Å². The second kappa shape index (κ2) is 10.9. The molecule has 54 heavy (non-hydrogen) atoms. The van der Waals surface area contributed by atoms with Gasteiger partial charge in [0.15, 0.2) is 5.58 Å². The van der Waals surface area contributed by atoms with Crippen molar-refractivity contribution < 1.29 is 4.42 Å². The molecule has 0 aliphatic carbocycles. The Morgan fingerprint density at radius 1 is 0.426 bits per heavy atom. The molecule has 0 atom stereocenters. The molecule has 0 spiro atoms. The number of para-hydroxylation sites is 4. The van der Waals surface area contributed by atoms with Gasteiger partial charge in [-0.3, -0.25) is 0 Å². The molecule has 0 saturated heterocycles. The maximum Gasteiger partial charge on any atom is 0.229 e. The Morgan fingerprint density at radius 2 is 0.944 bits per heavy atom. The molecule has 4 aromatic heterocycles. The van der Waals surface area contributed by atoms with E-state index in [-0.39, 0.29) is 0 Å². The zero-order chi connectivity index (χ0) is 35.5. The lowest BCUT2D eigenvalue weighted by Crippen LogP contribution is -1.94. The van der Waals surface area contributed by atoms with Crippen LogP contribution in [-0.2, 0) is 0 Å². The first-order valence-electron chi connectivity index (χ1n) is 18.0. The highest BCUT2D eigenvalue weighted by atomic mass is 32.1. The fraction of sp³-hybridized carbons (Fsp3) is 0. The van der Waals surface area contributed by atoms with Crippen LogP contribution in [-0.4, -0.2) is 9.13 Å². The molecule has 4 heterocycles. The number of hydrogen-bond acceptors (Lipinski definition) is 2. The standard InChI is InChI=1S/C49H27N3OS/c1-50-39-17-8-14-34-35-15-9-20-44(48(35)53-47(34)39)51-40-18-5-2-11-31(40)37-27-29(23-25-42(37)51)30-24-26-43-38(28-30)32-12-3-6-19-41(32)52(43)45-21-10-16-36-33-13-4-7-22-46(33)54-49(36)45/h2-28H. The van der Waals surface area contributed by atoms with Gasteiger partial charge in [-0.1, -0.05) is 109 Å². The molecule has 250 valence electrons. The van der Waals surface area contributed by atoms with Crippen molar-refractivity contribution in [3.63, 3.8) is 0 Å². The van der Waals surface area contributed by atoms with E-state index >= 15 is 0 Å². The molecule has 5 heteroatoms. The van der Waals surface area contributed by atoms with Gasteiger partial charge in [0.05, 0.1) is 44.7 Å². The number of thiophene rings is 1. The van der Waals surface area contributed by atoms with Crippen molar-refractivity contribution in [3.8, 4) is 22.5 Å². The SMILES string of the molecule is [C-]#[N+]c1cccc2c1oc1c(-n3c4ccccc4c4cc(-c5ccc6c(c5)c5ccccc5n6-c5cccc6c5sc5ccccc56)ccc43)cccc12. The molecule has 0 fully saturated rings. The molecule has 0 unspecified atom stereocenters. The van der Waals surface area contributed by atoms with E-state index in [2.05, 4.69) is 160 Å². The molecular weight excluding hydrogens is 679 g/mol. The fourth-order valence-electron chi connectivity index (χ4n) is 8.79. The van der Waals surface area contributed by atoms with Gasteiger partial charge in [-0.15, -0.1) is 11.3 Å². The second-order valence-electron chi connectivity index (χ2n) is 13.9. The van der Waals surface area contributed by atoms with Crippen LogP contribution < -0.4 is 0 Å². The number of benzene rings is 8. The average Bonchev–Trinajstić information content (AvgIpc) is 3.98. The number of nitrogens with zero attached hydrogens (tertiary/aromatic N) is 3. The van der Waals surface area contributed by atoms with Crippen molar-refractivity contribution in [1.82, 2.24) is 9.13 Å². The molecular formula is C49H27N3OS. The molecule has 4 nitrogen and oxygen atoms in total. The van der Waals surface area contributed by atoms with Crippen LogP contribution in [0.15, 0.2) is 168 Å². The highest BCUT2D eigenvalue weighted by molar-refractivity contribution is 7.26. The molecule has 8 aromatic carbocycles. The maximum atomic E-state index is 7.73. The van der Waals surface area contributed by atoms with Gasteiger partial charge in [-0.25, -0.2) is 4.85 Å². The summed E-state index contributed by atoms with van der Waals surface area (Å²) in [5.74, 6) is 0. The lowest BCUT2D eigenvalue weighted by Gasteiger charge is -2.10. The zero-order valence-corrected chi connectivity index (χ0v) is 29.6. The van der Waals surface area contributed by atoms with E-state index < -0.39 is 0 Å². The normalized spacial score (nSPS) is 12.1. The van der Waals surface area contributed by atoms with E-state index in [1.807, 2.05) is 29.5 Å². The first kappa shape index (κ1) is 29.4. The predicted octanol–water partition coefficient (Wildman–Crippen LogP) is 14.4. The summed E-state index contributed by atoms with van der Waals surface area (Å²) < 4.78 is 13.9. The van der Waals surface area contributed by atoms with E-state index in [9.17, 15) is 0 Å². The van der Waals surface area contributed by atoms with Crippen LogP contribution in [0.25, 0.3) is 113 Å². The predicted molar refractivity (Wildman–Crippen MR) is 227 cm³/mol. The van der Waals surface area contributed by atoms with Crippen LogP contribution in [0.1, 0.15) is 0 Å². The smallest absolute Gasteiger partial charge is 0.229 e. The largest absolute Gasteiger partial charge is 0.465 e. The fourth-order valence-corrected chi connectivity index (χ4v) is 9.99. The molecule has 0 N–H and O–H groups in total. The number of fused-ring (bicyclic) bond motifs is 12. The quantitative estimate of drug-likeness (QED) is 0.168. The number of aromatic nitrogens is 2. The van der Waals surface area contributed by atoms with E-state index in [1.54, 1.807) is 0 Å². The van der Waals surface area contributed by atoms with Crippen LogP contribution in [0, 0.1) is 6.57 Å². The van der Waals surface area contributed by atoms with Gasteiger partial charge in [-0.2, -0.15) is 0 Å². The van der Waals surface area contributed by atoms with Crippen LogP contribution in [0.5, 0.6) is 0 Å². The molecule has 0 amide bonds. The molecule has 0 saturated carbocycles. The number of rotatable bonds is 3. The Morgan fingerprint density at radius 3 is 1.63 bits per heavy atom. The average molecular weight is 706 g/mol. The summed E-state index contributed by atoms with van der Waals surface area (Å²) in [6.45, 7) is 7.73. The third-order valence-electron chi connectivity index (χ3n) is 11.1. The summed E-state index contributed by atoms with van der Waals surface area (Å²) >= 11 is 1.87. The first-order valence-corrected chi connectivity index (χ1v) is 18.9. The minimum Gasteiger partial charge on any atom is -0.465 e. The van der Waals surface area contributed by atoms with E-state index in [0.29, 0.717) is 11.3 Å². The molecule has 0 bridgehead atoms. The summed E-state index contributed by atoms with van der Waals surface area (Å²) in [5.41, 5.74) is 11.1. The third-order valence-corrected chi connectivity index (χ3v) is 12.4. The Hall–Kier alpha value is -7.13. The van der Waals surface area contributed by atoms with Crippen molar-refractivity contribution >= 4 is 103 Å². The van der Waals surface area contributed by atoms with Gasteiger partial charge in [-0.05, 0) is 65.7 Å².